The molecule has 7 heteroatoms. The van der Waals surface area contributed by atoms with Crippen LogP contribution in [0, 0.1) is 0 Å². The van der Waals surface area contributed by atoms with Crippen LogP contribution in [0.15, 0.2) is 61.7 Å². The predicted molar refractivity (Wildman–Crippen MR) is 158 cm³/mol. The summed E-state index contributed by atoms with van der Waals surface area (Å²) in [6, 6.07) is 15.4. The average molecular weight is 514 g/mol. The van der Waals surface area contributed by atoms with Gasteiger partial charge in [-0.3, -0.25) is 0 Å². The monoisotopic (exact) mass is 514 g/mol. The number of hydrogen-bond acceptors (Lipinski definition) is 4. The van der Waals surface area contributed by atoms with Gasteiger partial charge in [0.15, 0.2) is 0 Å². The molecule has 0 unspecified atom stereocenters. The molecule has 2 aromatic rings. The van der Waals surface area contributed by atoms with Gasteiger partial charge in [-0.25, -0.2) is 0 Å². The molecule has 37 heavy (non-hydrogen) atoms. The Hall–Kier alpha value is -1.89. The lowest BCUT2D eigenvalue weighted by atomic mass is 9.77. The molecule has 4 nitrogen and oxygen atoms in total. The highest BCUT2D eigenvalue weighted by Gasteiger charge is 2.54. The SMILES string of the molecule is C=CC[Si]1(CC=C)c2cc(B3OC(C)(C)C(C)(C)O3)ccc2-c2ccc(B3OC(C)(C)C(C)(C)O3)cc21. The molecule has 0 aliphatic carbocycles. The lowest BCUT2D eigenvalue weighted by molar-refractivity contribution is 0.00578. The number of rotatable bonds is 6. The molecule has 194 valence electrons. The summed E-state index contributed by atoms with van der Waals surface area (Å²) in [7, 11) is -3.02. The van der Waals surface area contributed by atoms with Crippen LogP contribution >= 0.6 is 0 Å². The smallest absolute Gasteiger partial charge is 0.399 e. The Bertz CT molecular complexity index is 1140. The maximum atomic E-state index is 6.42. The van der Waals surface area contributed by atoms with Crippen molar-refractivity contribution in [1.29, 1.82) is 0 Å². The Morgan fingerprint density at radius 3 is 1.24 bits per heavy atom. The fraction of sp³-hybridized carbons (Fsp3) is 0.467. The molecule has 0 aromatic heterocycles. The van der Waals surface area contributed by atoms with Crippen molar-refractivity contribution >= 4 is 43.6 Å². The van der Waals surface area contributed by atoms with Crippen LogP contribution in [0.2, 0.25) is 12.1 Å². The minimum absolute atomic E-state index is 0.381. The summed E-state index contributed by atoms with van der Waals surface area (Å²) in [6.07, 6.45) is 4.16. The van der Waals surface area contributed by atoms with Gasteiger partial charge in [-0.15, -0.1) is 13.2 Å². The summed E-state index contributed by atoms with van der Waals surface area (Å²) in [4.78, 5) is 0. The number of benzene rings is 2. The summed E-state index contributed by atoms with van der Waals surface area (Å²) >= 11 is 0. The van der Waals surface area contributed by atoms with Gasteiger partial charge in [-0.1, -0.05) is 48.6 Å². The van der Waals surface area contributed by atoms with Crippen molar-refractivity contribution in [1.82, 2.24) is 0 Å². The summed E-state index contributed by atoms with van der Waals surface area (Å²) in [6.45, 7) is 25.1. The van der Waals surface area contributed by atoms with Crippen molar-refractivity contribution in [3.05, 3.63) is 61.7 Å². The van der Waals surface area contributed by atoms with Crippen molar-refractivity contribution in [3.63, 3.8) is 0 Å². The molecular formula is C30H40B2O4Si. The van der Waals surface area contributed by atoms with Crippen molar-refractivity contribution in [2.24, 2.45) is 0 Å². The highest BCUT2D eigenvalue weighted by atomic mass is 28.3. The van der Waals surface area contributed by atoms with E-state index in [9.17, 15) is 0 Å². The molecule has 3 aliphatic rings. The van der Waals surface area contributed by atoms with Crippen LogP contribution in [0.3, 0.4) is 0 Å². The molecule has 0 saturated carbocycles. The Labute approximate surface area is 224 Å². The molecule has 0 amide bonds. The summed E-state index contributed by atoms with van der Waals surface area (Å²) < 4.78 is 25.7. The molecule has 3 heterocycles. The fourth-order valence-corrected chi connectivity index (χ4v) is 10.5. The number of fused-ring (bicyclic) bond motifs is 3. The van der Waals surface area contributed by atoms with Gasteiger partial charge in [0.2, 0.25) is 0 Å². The van der Waals surface area contributed by atoms with E-state index in [0.717, 1.165) is 23.0 Å². The molecule has 0 atom stereocenters. The lowest BCUT2D eigenvalue weighted by Crippen LogP contribution is -2.56. The first-order chi connectivity index (χ1) is 17.2. The zero-order valence-corrected chi connectivity index (χ0v) is 24.7. The minimum Gasteiger partial charge on any atom is -0.399 e. The van der Waals surface area contributed by atoms with Crippen LogP contribution < -0.4 is 21.3 Å². The molecular weight excluding hydrogens is 474 g/mol. The maximum Gasteiger partial charge on any atom is 0.494 e. The van der Waals surface area contributed by atoms with Crippen molar-refractivity contribution in [3.8, 4) is 11.1 Å². The van der Waals surface area contributed by atoms with E-state index in [1.165, 1.54) is 21.5 Å². The van der Waals surface area contributed by atoms with Crippen molar-refractivity contribution in [2.45, 2.75) is 89.9 Å². The van der Waals surface area contributed by atoms with Gasteiger partial charge in [0.05, 0.1) is 22.4 Å². The maximum absolute atomic E-state index is 6.42. The van der Waals surface area contributed by atoms with Gasteiger partial charge >= 0.3 is 14.2 Å². The van der Waals surface area contributed by atoms with Crippen LogP contribution in [-0.2, 0) is 18.6 Å². The largest absolute Gasteiger partial charge is 0.494 e. The summed E-state index contributed by atoms with van der Waals surface area (Å²) in [5.41, 5.74) is 3.21. The quantitative estimate of drug-likeness (QED) is 0.428. The van der Waals surface area contributed by atoms with Crippen molar-refractivity contribution < 1.29 is 18.6 Å². The molecule has 0 spiro atoms. The van der Waals surface area contributed by atoms with Crippen LogP contribution in [0.1, 0.15) is 55.4 Å². The normalized spacial score (nSPS) is 23.6. The predicted octanol–water partition coefficient (Wildman–Crippen LogP) is 4.20. The van der Waals surface area contributed by atoms with Gasteiger partial charge < -0.3 is 18.6 Å². The third-order valence-electron chi connectivity index (χ3n) is 9.44. The summed E-state index contributed by atoms with van der Waals surface area (Å²) in [5, 5.41) is 2.81. The molecule has 0 bridgehead atoms. The third kappa shape index (κ3) is 3.97. The molecule has 0 radical (unpaired) electrons. The standard InChI is InChI=1S/C30H40B2O4Si/c1-11-17-37(18-12-2)25-19-21(31-33-27(3,4)28(5,6)34-31)13-15-23(25)24-16-14-22(20-26(24)37)32-35-29(7,8)30(9,10)36-32/h11-16,19-20H,1-2,17-18H2,3-10H3. The third-order valence-corrected chi connectivity index (χ3v) is 14.3. The topological polar surface area (TPSA) is 36.9 Å². The molecule has 2 fully saturated rings. The van der Waals surface area contributed by atoms with E-state index in [0.29, 0.717) is 0 Å². The molecule has 2 aromatic carbocycles. The van der Waals surface area contributed by atoms with Gasteiger partial charge in [-0.05, 0) is 99.9 Å². The molecule has 5 rings (SSSR count). The second kappa shape index (κ2) is 8.55. The van der Waals surface area contributed by atoms with Crippen LogP contribution in [0.5, 0.6) is 0 Å². The van der Waals surface area contributed by atoms with Crippen LogP contribution in [0.25, 0.3) is 11.1 Å². The molecule has 2 saturated heterocycles. The summed E-state index contributed by atoms with van der Waals surface area (Å²) in [5.74, 6) is 0. The molecule has 0 N–H and O–H groups in total. The van der Waals surface area contributed by atoms with E-state index in [2.05, 4.69) is 117 Å². The Morgan fingerprint density at radius 2 is 0.946 bits per heavy atom. The highest BCUT2D eigenvalue weighted by Crippen LogP contribution is 2.39. The Morgan fingerprint density at radius 1 is 0.622 bits per heavy atom. The number of allylic oxidation sites excluding steroid dienone is 2. The first-order valence-corrected chi connectivity index (χ1v) is 15.8. The van der Waals surface area contributed by atoms with Crippen molar-refractivity contribution in [2.75, 3.05) is 0 Å². The fourth-order valence-electron chi connectivity index (χ4n) is 5.80. The van der Waals surface area contributed by atoms with Crippen LogP contribution in [-0.4, -0.2) is 44.7 Å². The van der Waals surface area contributed by atoms with Gasteiger partial charge in [0.25, 0.3) is 0 Å². The average Bonchev–Trinajstić information content (AvgIpc) is 3.29. The highest BCUT2D eigenvalue weighted by molar-refractivity contribution is 7.06. The Kier molecular flexibility index (Phi) is 6.17. The minimum atomic E-state index is -2.24. The second-order valence-corrected chi connectivity index (χ2v) is 16.9. The first-order valence-electron chi connectivity index (χ1n) is 13.4. The second-order valence-electron chi connectivity index (χ2n) is 12.9. The van der Waals surface area contributed by atoms with E-state index >= 15 is 0 Å². The molecule has 3 aliphatic heterocycles. The van der Waals surface area contributed by atoms with E-state index < -0.39 is 22.3 Å². The van der Waals surface area contributed by atoms with Crippen LogP contribution in [0.4, 0.5) is 0 Å². The Balaban J connectivity index is 1.61. The van der Waals surface area contributed by atoms with E-state index in [4.69, 9.17) is 18.6 Å². The zero-order chi connectivity index (χ0) is 27.0. The van der Waals surface area contributed by atoms with Gasteiger partial charge in [-0.2, -0.15) is 0 Å². The van der Waals surface area contributed by atoms with E-state index in [1.807, 2.05) is 0 Å². The first kappa shape index (κ1) is 26.7. The van der Waals surface area contributed by atoms with E-state index in [-0.39, 0.29) is 22.4 Å². The van der Waals surface area contributed by atoms with Gasteiger partial charge in [0, 0.05) is 0 Å². The van der Waals surface area contributed by atoms with Gasteiger partial charge in [0.1, 0.15) is 8.07 Å². The zero-order valence-electron chi connectivity index (χ0n) is 23.7. The lowest BCUT2D eigenvalue weighted by Gasteiger charge is -2.32. The van der Waals surface area contributed by atoms with E-state index in [1.54, 1.807) is 0 Å². The number of hydrogen-bond donors (Lipinski definition) is 0.